The highest BCUT2D eigenvalue weighted by Gasteiger charge is 2.45. The number of nitrogens with one attached hydrogen (secondary N) is 1. The Hall–Kier alpha value is -3.34. The summed E-state index contributed by atoms with van der Waals surface area (Å²) in [6.45, 7) is 2.64. The number of fused-ring (bicyclic) bond motifs is 1. The van der Waals surface area contributed by atoms with Crippen LogP contribution in [0.1, 0.15) is 11.8 Å². The second kappa shape index (κ2) is 8.65. The minimum absolute atomic E-state index is 0.326. The van der Waals surface area contributed by atoms with Gasteiger partial charge in [-0.3, -0.25) is 8.75 Å². The summed E-state index contributed by atoms with van der Waals surface area (Å²) < 4.78 is 34.7. The lowest BCUT2D eigenvalue weighted by Gasteiger charge is -2.16. The van der Waals surface area contributed by atoms with Gasteiger partial charge < -0.3 is 20.3 Å². The summed E-state index contributed by atoms with van der Waals surface area (Å²) in [6, 6.07) is 7.17. The summed E-state index contributed by atoms with van der Waals surface area (Å²) in [5.74, 6) is 2.95. The summed E-state index contributed by atoms with van der Waals surface area (Å²) in [5.41, 5.74) is 2.10. The number of rotatable bonds is 7. The minimum atomic E-state index is -3.96. The van der Waals surface area contributed by atoms with Crippen LogP contribution in [0.25, 0.3) is 11.2 Å². The number of hydrogen-bond donors (Lipinski definition) is 3. The van der Waals surface area contributed by atoms with Gasteiger partial charge in [-0.25, -0.2) is 15.0 Å². The lowest BCUT2D eigenvalue weighted by molar-refractivity contribution is -0.0465. The zero-order chi connectivity index (χ0) is 22.9. The third kappa shape index (κ3) is 4.20. The average molecular weight is 457 g/mol. The molecule has 1 saturated heterocycles. The van der Waals surface area contributed by atoms with Crippen molar-refractivity contribution in [2.45, 2.75) is 24.5 Å². The number of anilines is 2. The average Bonchev–Trinajstić information content (AvgIpc) is 3.34. The van der Waals surface area contributed by atoms with Gasteiger partial charge in [0.2, 0.25) is 0 Å². The van der Waals surface area contributed by atoms with Crippen molar-refractivity contribution in [1.29, 1.82) is 0 Å². The number of aliphatic hydroxyl groups excluding tert-OH is 2. The third-order valence-corrected chi connectivity index (χ3v) is 5.74. The standard InChI is InChI=1S/C20H19N5O6S/c1-3-12-6-5-7-13(8-12)24-18-15-19(22-10-21-18)25(11-23-15)20-17(27)16(26)14(31-20)9-30-32(28,29)4-2/h1,4-8,10-11,14,16-17,20,26-27H,2,9H2,(H,21,22,24)/t14-,16-,17-,20-/m1/s1. The highest BCUT2D eigenvalue weighted by atomic mass is 32.2. The Balaban J connectivity index is 1.59. The predicted molar refractivity (Wildman–Crippen MR) is 114 cm³/mol. The highest BCUT2D eigenvalue weighted by molar-refractivity contribution is 7.89. The Kier molecular flexibility index (Phi) is 5.92. The van der Waals surface area contributed by atoms with Crippen LogP contribution in [-0.2, 0) is 19.0 Å². The minimum Gasteiger partial charge on any atom is -0.387 e. The Morgan fingerprint density at radius 3 is 2.88 bits per heavy atom. The van der Waals surface area contributed by atoms with Crippen LogP contribution >= 0.6 is 0 Å². The molecule has 166 valence electrons. The quantitative estimate of drug-likeness (QED) is 0.341. The summed E-state index contributed by atoms with van der Waals surface area (Å²) >= 11 is 0. The molecule has 0 aliphatic carbocycles. The molecular weight excluding hydrogens is 438 g/mol. The van der Waals surface area contributed by atoms with Gasteiger partial charge >= 0.3 is 0 Å². The number of ether oxygens (including phenoxy) is 1. The maximum Gasteiger partial charge on any atom is 0.289 e. The first kappa shape index (κ1) is 21.9. The molecule has 4 rings (SSSR count). The van der Waals surface area contributed by atoms with Crippen molar-refractivity contribution >= 4 is 32.8 Å². The molecule has 4 atom stereocenters. The summed E-state index contributed by atoms with van der Waals surface area (Å²) in [5, 5.41) is 24.5. The predicted octanol–water partition coefficient (Wildman–Crippen LogP) is 0.660. The van der Waals surface area contributed by atoms with Crippen molar-refractivity contribution in [3.8, 4) is 12.3 Å². The van der Waals surface area contributed by atoms with E-state index in [0.717, 1.165) is 0 Å². The van der Waals surface area contributed by atoms with Crippen molar-refractivity contribution in [3.63, 3.8) is 0 Å². The normalized spacial score (nSPS) is 23.2. The van der Waals surface area contributed by atoms with Crippen LogP contribution < -0.4 is 5.32 Å². The van der Waals surface area contributed by atoms with Gasteiger partial charge in [0, 0.05) is 11.3 Å². The van der Waals surface area contributed by atoms with E-state index in [2.05, 4.69) is 32.8 Å². The smallest absolute Gasteiger partial charge is 0.289 e. The number of hydrogen-bond acceptors (Lipinski definition) is 10. The van der Waals surface area contributed by atoms with Gasteiger partial charge in [-0.05, 0) is 18.2 Å². The number of benzene rings is 1. The van der Waals surface area contributed by atoms with Crippen LogP contribution in [0.4, 0.5) is 11.5 Å². The van der Waals surface area contributed by atoms with E-state index < -0.39 is 41.3 Å². The van der Waals surface area contributed by atoms with Gasteiger partial charge in [0.1, 0.15) is 24.6 Å². The van der Waals surface area contributed by atoms with Crippen LogP contribution in [-0.4, -0.2) is 63.1 Å². The van der Waals surface area contributed by atoms with E-state index in [1.807, 2.05) is 6.07 Å². The first-order valence-electron chi connectivity index (χ1n) is 9.37. The largest absolute Gasteiger partial charge is 0.387 e. The van der Waals surface area contributed by atoms with E-state index in [9.17, 15) is 18.6 Å². The first-order chi connectivity index (χ1) is 15.3. The molecule has 0 spiro atoms. The van der Waals surface area contributed by atoms with Gasteiger partial charge in [-0.2, -0.15) is 8.42 Å². The number of nitrogens with zero attached hydrogens (tertiary/aromatic N) is 4. The molecule has 12 heteroatoms. The van der Waals surface area contributed by atoms with Crippen molar-refractivity contribution in [2.24, 2.45) is 0 Å². The Morgan fingerprint density at radius 2 is 2.12 bits per heavy atom. The van der Waals surface area contributed by atoms with E-state index in [1.165, 1.54) is 17.2 Å². The Morgan fingerprint density at radius 1 is 1.31 bits per heavy atom. The first-order valence-corrected chi connectivity index (χ1v) is 10.8. The SMILES string of the molecule is C#Cc1cccc(Nc2ncnc3c2ncn3[C@@H]2O[C@H](COS(=O)(=O)C=C)[C@@H](O)[C@H]2O)c1. The van der Waals surface area contributed by atoms with Crippen LogP contribution in [0.5, 0.6) is 0 Å². The van der Waals surface area contributed by atoms with Gasteiger partial charge in [-0.1, -0.05) is 18.6 Å². The molecule has 3 N–H and O–H groups in total. The Labute approximate surface area is 183 Å². The van der Waals surface area contributed by atoms with Gasteiger partial charge in [0.05, 0.1) is 18.3 Å². The van der Waals surface area contributed by atoms with Crippen LogP contribution in [0.3, 0.4) is 0 Å². The van der Waals surface area contributed by atoms with E-state index in [1.54, 1.807) is 18.2 Å². The van der Waals surface area contributed by atoms with E-state index in [4.69, 9.17) is 15.3 Å². The molecule has 3 aromatic rings. The Bertz CT molecular complexity index is 1300. The molecule has 1 aliphatic rings. The fourth-order valence-electron chi connectivity index (χ4n) is 3.26. The van der Waals surface area contributed by atoms with Crippen LogP contribution in [0.15, 0.2) is 48.9 Å². The molecule has 1 fully saturated rings. The van der Waals surface area contributed by atoms with Crippen LogP contribution in [0, 0.1) is 12.3 Å². The fourth-order valence-corrected chi connectivity index (χ4v) is 3.68. The van der Waals surface area contributed by atoms with Crippen molar-refractivity contribution in [2.75, 3.05) is 11.9 Å². The molecule has 1 aromatic carbocycles. The van der Waals surface area contributed by atoms with Crippen molar-refractivity contribution < 1.29 is 27.6 Å². The maximum atomic E-state index is 11.5. The van der Waals surface area contributed by atoms with E-state index >= 15 is 0 Å². The van der Waals surface area contributed by atoms with Crippen LogP contribution in [0.2, 0.25) is 0 Å². The van der Waals surface area contributed by atoms with Gasteiger partial charge in [-0.15, -0.1) is 6.42 Å². The summed E-state index contributed by atoms with van der Waals surface area (Å²) in [7, 11) is -3.96. The molecule has 0 bridgehead atoms. The fraction of sp³-hybridized carbons (Fsp3) is 0.250. The second-order valence-electron chi connectivity index (χ2n) is 6.89. The highest BCUT2D eigenvalue weighted by Crippen LogP contribution is 2.33. The summed E-state index contributed by atoms with van der Waals surface area (Å²) in [4.78, 5) is 12.7. The van der Waals surface area contributed by atoms with E-state index in [-0.39, 0.29) is 0 Å². The zero-order valence-electron chi connectivity index (χ0n) is 16.6. The molecule has 0 radical (unpaired) electrons. The number of aromatic nitrogens is 4. The van der Waals surface area contributed by atoms with Crippen molar-refractivity contribution in [1.82, 2.24) is 19.5 Å². The number of terminal acetylenes is 1. The third-order valence-electron chi connectivity index (χ3n) is 4.86. The molecule has 0 unspecified atom stereocenters. The van der Waals surface area contributed by atoms with Crippen molar-refractivity contribution in [3.05, 3.63) is 54.5 Å². The lowest BCUT2D eigenvalue weighted by atomic mass is 10.1. The lowest BCUT2D eigenvalue weighted by Crippen LogP contribution is -2.34. The molecule has 0 saturated carbocycles. The van der Waals surface area contributed by atoms with Gasteiger partial charge in [0.25, 0.3) is 10.1 Å². The molecule has 11 nitrogen and oxygen atoms in total. The second-order valence-corrected chi connectivity index (χ2v) is 8.44. The monoisotopic (exact) mass is 457 g/mol. The molecule has 0 amide bonds. The number of imidazole rings is 1. The maximum absolute atomic E-state index is 11.5. The molecule has 32 heavy (non-hydrogen) atoms. The van der Waals surface area contributed by atoms with E-state index in [0.29, 0.717) is 33.6 Å². The number of aliphatic hydroxyl groups is 2. The molecule has 2 aromatic heterocycles. The zero-order valence-corrected chi connectivity index (χ0v) is 17.4. The molecular formula is C20H19N5O6S. The molecule has 3 heterocycles. The summed E-state index contributed by atoms with van der Waals surface area (Å²) in [6.07, 6.45) is 3.16. The topological polar surface area (TPSA) is 149 Å². The van der Waals surface area contributed by atoms with Gasteiger partial charge in [0.15, 0.2) is 23.2 Å². The molecule has 1 aliphatic heterocycles.